The number of nitrogens with one attached hydrogen (secondary N) is 1. The quantitative estimate of drug-likeness (QED) is 0.592. The summed E-state index contributed by atoms with van der Waals surface area (Å²) in [5.41, 5.74) is 4.07. The molecule has 1 N–H and O–H groups in total. The van der Waals surface area contributed by atoms with E-state index in [2.05, 4.69) is 38.4 Å². The molecule has 0 fully saturated rings. The number of hydrogen-bond acceptors (Lipinski definition) is 4. The summed E-state index contributed by atoms with van der Waals surface area (Å²) in [5.74, 6) is -0.165. The molecule has 0 aliphatic heterocycles. The molecule has 0 atom stereocenters. The number of nitrogens with zero attached hydrogens (tertiary/aromatic N) is 3. The number of carbonyl (C=O) groups excluding carboxylic acids is 1. The van der Waals surface area contributed by atoms with Gasteiger partial charge in [0.2, 0.25) is 5.13 Å². The van der Waals surface area contributed by atoms with Gasteiger partial charge in [0.25, 0.3) is 5.91 Å². The third-order valence-corrected chi connectivity index (χ3v) is 5.13. The monoisotopic (exact) mass is 362 g/mol. The summed E-state index contributed by atoms with van der Waals surface area (Å²) in [6.07, 6.45) is 2.82. The first kappa shape index (κ1) is 16.5. The summed E-state index contributed by atoms with van der Waals surface area (Å²) in [7, 11) is 2.04. The number of fused-ring (bicyclic) bond motifs is 1. The van der Waals surface area contributed by atoms with Crippen LogP contribution < -0.4 is 5.32 Å². The Morgan fingerprint density at radius 3 is 2.85 bits per heavy atom. The largest absolute Gasteiger partial charge is 0.350 e. The lowest BCUT2D eigenvalue weighted by Crippen LogP contribution is -2.11. The summed E-state index contributed by atoms with van der Waals surface area (Å²) < 4.78 is 2.12. The van der Waals surface area contributed by atoms with Gasteiger partial charge in [-0.05, 0) is 30.7 Å². The Bertz CT molecular complexity index is 1100. The summed E-state index contributed by atoms with van der Waals surface area (Å²) in [5, 5.41) is 13.8. The van der Waals surface area contributed by atoms with E-state index in [0.717, 1.165) is 10.6 Å². The zero-order chi connectivity index (χ0) is 18.1. The lowest BCUT2D eigenvalue weighted by Gasteiger charge is -2.01. The molecule has 4 aromatic rings. The summed E-state index contributed by atoms with van der Waals surface area (Å²) in [4.78, 5) is 12.3. The van der Waals surface area contributed by atoms with Crippen LogP contribution in [0.5, 0.6) is 0 Å². The van der Waals surface area contributed by atoms with Gasteiger partial charge in [-0.1, -0.05) is 47.2 Å². The first-order chi connectivity index (χ1) is 12.6. The van der Waals surface area contributed by atoms with Crippen LogP contribution >= 0.6 is 11.3 Å². The Morgan fingerprint density at radius 2 is 2.00 bits per heavy atom. The third kappa shape index (κ3) is 3.23. The number of aromatic nitrogens is 3. The van der Waals surface area contributed by atoms with Crippen molar-refractivity contribution in [1.29, 1.82) is 0 Å². The molecule has 0 unspecified atom stereocenters. The molecular weight excluding hydrogens is 344 g/mol. The molecule has 0 aliphatic rings. The fourth-order valence-electron chi connectivity index (χ4n) is 3.06. The third-order valence-electron chi connectivity index (χ3n) is 4.29. The van der Waals surface area contributed by atoms with Gasteiger partial charge < -0.3 is 4.57 Å². The molecule has 2 aromatic heterocycles. The fourth-order valence-corrected chi connectivity index (χ4v) is 3.82. The van der Waals surface area contributed by atoms with Gasteiger partial charge in [-0.3, -0.25) is 10.1 Å². The van der Waals surface area contributed by atoms with Crippen LogP contribution in [-0.4, -0.2) is 20.7 Å². The van der Waals surface area contributed by atoms with E-state index in [4.69, 9.17) is 0 Å². The Labute approximate surface area is 155 Å². The second kappa shape index (κ2) is 6.72. The normalized spacial score (nSPS) is 11.0. The topological polar surface area (TPSA) is 59.8 Å². The van der Waals surface area contributed by atoms with E-state index >= 15 is 0 Å². The molecule has 4 rings (SSSR count). The van der Waals surface area contributed by atoms with Crippen LogP contribution in [0.1, 0.15) is 26.5 Å². The van der Waals surface area contributed by atoms with E-state index in [1.165, 1.54) is 27.8 Å². The van der Waals surface area contributed by atoms with Crippen molar-refractivity contribution in [3.05, 3.63) is 76.4 Å². The van der Waals surface area contributed by atoms with Crippen LogP contribution in [-0.2, 0) is 13.5 Å². The highest BCUT2D eigenvalue weighted by Crippen LogP contribution is 2.25. The molecule has 0 aliphatic carbocycles. The van der Waals surface area contributed by atoms with E-state index in [9.17, 15) is 4.79 Å². The molecule has 130 valence electrons. The Hall–Kier alpha value is -2.99. The van der Waals surface area contributed by atoms with Crippen molar-refractivity contribution in [3.8, 4) is 0 Å². The van der Waals surface area contributed by atoms with Crippen molar-refractivity contribution in [2.75, 3.05) is 5.32 Å². The highest BCUT2D eigenvalue weighted by atomic mass is 32.1. The Morgan fingerprint density at radius 1 is 1.15 bits per heavy atom. The van der Waals surface area contributed by atoms with Crippen molar-refractivity contribution in [1.82, 2.24) is 14.8 Å². The van der Waals surface area contributed by atoms with Crippen molar-refractivity contribution in [2.45, 2.75) is 13.3 Å². The molecular formula is C20H18N4OS. The van der Waals surface area contributed by atoms with Crippen molar-refractivity contribution >= 4 is 33.3 Å². The van der Waals surface area contributed by atoms with E-state index in [1.54, 1.807) is 6.07 Å². The molecule has 0 saturated carbocycles. The molecule has 2 heterocycles. The maximum atomic E-state index is 12.3. The molecule has 26 heavy (non-hydrogen) atoms. The second-order valence-electron chi connectivity index (χ2n) is 6.28. The average Bonchev–Trinajstić information content (AvgIpc) is 3.20. The maximum Gasteiger partial charge on any atom is 0.257 e. The fraction of sp³-hybridized carbons (Fsp3) is 0.150. The van der Waals surface area contributed by atoms with Crippen LogP contribution in [0.15, 0.2) is 54.7 Å². The van der Waals surface area contributed by atoms with Crippen LogP contribution in [0.4, 0.5) is 5.13 Å². The van der Waals surface area contributed by atoms with E-state index in [0.29, 0.717) is 17.1 Å². The first-order valence-electron chi connectivity index (χ1n) is 8.33. The molecule has 2 aromatic carbocycles. The summed E-state index contributed by atoms with van der Waals surface area (Å²) in [6, 6.07) is 15.8. The molecule has 1 amide bonds. The van der Waals surface area contributed by atoms with E-state index < -0.39 is 0 Å². The molecule has 6 heteroatoms. The highest BCUT2D eigenvalue weighted by molar-refractivity contribution is 7.15. The molecule has 0 bridgehead atoms. The number of amides is 1. The minimum absolute atomic E-state index is 0.165. The maximum absolute atomic E-state index is 12.3. The van der Waals surface area contributed by atoms with Crippen molar-refractivity contribution < 1.29 is 4.79 Å². The lowest BCUT2D eigenvalue weighted by atomic mass is 10.1. The van der Waals surface area contributed by atoms with Crippen molar-refractivity contribution in [2.24, 2.45) is 7.05 Å². The summed E-state index contributed by atoms with van der Waals surface area (Å²) >= 11 is 1.41. The van der Waals surface area contributed by atoms with Gasteiger partial charge in [-0.15, -0.1) is 10.2 Å². The zero-order valence-corrected chi connectivity index (χ0v) is 15.4. The zero-order valence-electron chi connectivity index (χ0n) is 14.6. The minimum Gasteiger partial charge on any atom is -0.350 e. The standard InChI is InChI=1S/C20H18N4OS/c1-13-6-5-7-14(10-13)19(25)21-20-23-22-18(26-20)11-15-12-24(2)17-9-4-3-8-16(15)17/h3-10,12H,11H2,1-2H3,(H,21,23,25). The number of anilines is 1. The molecule has 0 radical (unpaired) electrons. The van der Waals surface area contributed by atoms with E-state index in [1.807, 2.05) is 44.3 Å². The van der Waals surface area contributed by atoms with Gasteiger partial charge in [0, 0.05) is 36.1 Å². The number of para-hydroxylation sites is 1. The van der Waals surface area contributed by atoms with Crippen molar-refractivity contribution in [3.63, 3.8) is 0 Å². The predicted octanol–water partition coefficient (Wildman–Crippen LogP) is 4.18. The van der Waals surface area contributed by atoms with Gasteiger partial charge in [0.15, 0.2) is 0 Å². The van der Waals surface area contributed by atoms with Crippen LogP contribution in [0.25, 0.3) is 10.9 Å². The highest BCUT2D eigenvalue weighted by Gasteiger charge is 2.13. The Balaban J connectivity index is 1.52. The Kier molecular flexibility index (Phi) is 4.26. The lowest BCUT2D eigenvalue weighted by molar-refractivity contribution is 0.102. The van der Waals surface area contributed by atoms with Gasteiger partial charge in [0.05, 0.1) is 0 Å². The number of hydrogen-bond donors (Lipinski definition) is 1. The number of carbonyl (C=O) groups is 1. The van der Waals surface area contributed by atoms with E-state index in [-0.39, 0.29) is 5.91 Å². The van der Waals surface area contributed by atoms with Gasteiger partial charge in [-0.2, -0.15) is 0 Å². The summed E-state index contributed by atoms with van der Waals surface area (Å²) in [6.45, 7) is 1.96. The van der Waals surface area contributed by atoms with Gasteiger partial charge >= 0.3 is 0 Å². The number of aryl methyl sites for hydroxylation is 2. The predicted molar refractivity (Wildman–Crippen MR) is 105 cm³/mol. The molecule has 0 spiro atoms. The molecule has 0 saturated heterocycles. The van der Waals surface area contributed by atoms with Crippen LogP contribution in [0.3, 0.4) is 0 Å². The second-order valence-corrected chi connectivity index (χ2v) is 7.35. The minimum atomic E-state index is -0.165. The average molecular weight is 362 g/mol. The number of rotatable bonds is 4. The van der Waals surface area contributed by atoms with Gasteiger partial charge in [0.1, 0.15) is 5.01 Å². The van der Waals surface area contributed by atoms with Crippen LogP contribution in [0.2, 0.25) is 0 Å². The smallest absolute Gasteiger partial charge is 0.257 e. The van der Waals surface area contributed by atoms with Gasteiger partial charge in [-0.25, -0.2) is 0 Å². The molecule has 5 nitrogen and oxygen atoms in total. The number of benzene rings is 2. The van der Waals surface area contributed by atoms with Crippen LogP contribution in [0, 0.1) is 6.92 Å². The first-order valence-corrected chi connectivity index (χ1v) is 9.15. The SMILES string of the molecule is Cc1cccc(C(=O)Nc2nnc(Cc3cn(C)c4ccccc34)s2)c1.